The highest BCUT2D eigenvalue weighted by Gasteiger charge is 2.16. The Balaban J connectivity index is 1.95. The van der Waals surface area contributed by atoms with E-state index in [9.17, 15) is 9.59 Å². The van der Waals surface area contributed by atoms with Crippen LogP contribution in [-0.2, 0) is 11.3 Å². The molecule has 2 rings (SSSR count). The second kappa shape index (κ2) is 7.02. The van der Waals surface area contributed by atoms with Crippen molar-refractivity contribution in [3.8, 4) is 0 Å². The number of aromatic nitrogens is 1. The number of thiazole rings is 1. The van der Waals surface area contributed by atoms with E-state index >= 15 is 0 Å². The molecule has 0 aliphatic carbocycles. The highest BCUT2D eigenvalue weighted by molar-refractivity contribution is 7.10. The summed E-state index contributed by atoms with van der Waals surface area (Å²) in [5, 5.41) is 6.71. The SMILES string of the molecule is Cc1csc(=O)n1CC(=O)NCC(c1cccs1)N(C)C. The van der Waals surface area contributed by atoms with E-state index in [-0.39, 0.29) is 23.4 Å². The van der Waals surface area contributed by atoms with Crippen LogP contribution in [0.4, 0.5) is 0 Å². The third kappa shape index (κ3) is 4.03. The number of hydrogen-bond acceptors (Lipinski definition) is 5. The summed E-state index contributed by atoms with van der Waals surface area (Å²) in [4.78, 5) is 26.8. The minimum atomic E-state index is -0.137. The Kier molecular flexibility index (Phi) is 5.33. The zero-order valence-corrected chi connectivity index (χ0v) is 14.0. The number of carbonyl (C=O) groups excluding carboxylic acids is 1. The van der Waals surface area contributed by atoms with Gasteiger partial charge in [-0.15, -0.1) is 11.3 Å². The van der Waals surface area contributed by atoms with Crippen LogP contribution >= 0.6 is 22.7 Å². The third-order valence-electron chi connectivity index (χ3n) is 3.27. The molecular weight excluding hydrogens is 306 g/mol. The maximum Gasteiger partial charge on any atom is 0.307 e. The van der Waals surface area contributed by atoms with Gasteiger partial charge in [0.05, 0.1) is 6.04 Å². The van der Waals surface area contributed by atoms with Gasteiger partial charge in [-0.25, -0.2) is 0 Å². The van der Waals surface area contributed by atoms with Crippen LogP contribution in [0.1, 0.15) is 16.6 Å². The fourth-order valence-electron chi connectivity index (χ4n) is 2.02. The Morgan fingerprint density at radius 2 is 2.19 bits per heavy atom. The minimum absolute atomic E-state index is 0.0821. The number of carbonyl (C=O) groups is 1. The van der Waals surface area contributed by atoms with Crippen molar-refractivity contribution in [3.63, 3.8) is 0 Å². The predicted molar refractivity (Wildman–Crippen MR) is 87.1 cm³/mol. The average Bonchev–Trinajstić information content (AvgIpc) is 3.04. The quantitative estimate of drug-likeness (QED) is 0.879. The molecule has 7 heteroatoms. The van der Waals surface area contributed by atoms with Crippen molar-refractivity contribution in [3.05, 3.63) is 43.1 Å². The number of nitrogens with zero attached hydrogens (tertiary/aromatic N) is 2. The Morgan fingerprint density at radius 1 is 1.43 bits per heavy atom. The standard InChI is InChI=1S/C14H19N3O2S2/c1-10-9-21-14(19)17(10)8-13(18)15-7-11(16(2)3)12-5-4-6-20-12/h4-6,9,11H,7-8H2,1-3H3,(H,15,18). The molecule has 0 aliphatic rings. The van der Waals surface area contributed by atoms with E-state index in [0.29, 0.717) is 6.54 Å². The van der Waals surface area contributed by atoms with E-state index < -0.39 is 0 Å². The molecule has 1 atom stereocenters. The summed E-state index contributed by atoms with van der Waals surface area (Å²) < 4.78 is 1.50. The number of hydrogen-bond donors (Lipinski definition) is 1. The first-order chi connectivity index (χ1) is 9.99. The molecule has 1 N–H and O–H groups in total. The first-order valence-electron chi connectivity index (χ1n) is 6.60. The summed E-state index contributed by atoms with van der Waals surface area (Å²) in [6.07, 6.45) is 0. The van der Waals surface area contributed by atoms with Crippen LogP contribution in [0.5, 0.6) is 0 Å². The summed E-state index contributed by atoms with van der Waals surface area (Å²) in [6.45, 7) is 2.45. The molecule has 1 amide bonds. The van der Waals surface area contributed by atoms with Crippen LogP contribution in [0, 0.1) is 6.92 Å². The largest absolute Gasteiger partial charge is 0.353 e. The van der Waals surface area contributed by atoms with Gasteiger partial charge >= 0.3 is 4.87 Å². The van der Waals surface area contributed by atoms with Gasteiger partial charge in [0.1, 0.15) is 6.54 Å². The van der Waals surface area contributed by atoms with E-state index in [2.05, 4.69) is 16.3 Å². The molecule has 0 fully saturated rings. The Morgan fingerprint density at radius 3 is 2.71 bits per heavy atom. The molecule has 2 heterocycles. The van der Waals surface area contributed by atoms with Gasteiger partial charge in [-0.1, -0.05) is 17.4 Å². The van der Waals surface area contributed by atoms with Crippen molar-refractivity contribution in [2.45, 2.75) is 19.5 Å². The van der Waals surface area contributed by atoms with E-state index in [1.165, 1.54) is 9.44 Å². The number of thiophene rings is 1. The zero-order valence-electron chi connectivity index (χ0n) is 12.3. The van der Waals surface area contributed by atoms with Crippen LogP contribution in [0.15, 0.2) is 27.7 Å². The van der Waals surface area contributed by atoms with Gasteiger partial charge in [-0.3, -0.25) is 14.2 Å². The molecule has 0 spiro atoms. The van der Waals surface area contributed by atoms with Crippen molar-refractivity contribution >= 4 is 28.6 Å². The van der Waals surface area contributed by atoms with Crippen molar-refractivity contribution in [2.75, 3.05) is 20.6 Å². The third-order valence-corrected chi connectivity index (χ3v) is 5.12. The Hall–Kier alpha value is -1.44. The van der Waals surface area contributed by atoms with Gasteiger partial charge in [-0.2, -0.15) is 0 Å². The number of rotatable bonds is 6. The molecule has 21 heavy (non-hydrogen) atoms. The van der Waals surface area contributed by atoms with E-state index in [0.717, 1.165) is 17.0 Å². The Bertz CT molecular complexity index is 643. The first-order valence-corrected chi connectivity index (χ1v) is 8.36. The highest BCUT2D eigenvalue weighted by atomic mass is 32.1. The van der Waals surface area contributed by atoms with E-state index in [4.69, 9.17) is 0 Å². The van der Waals surface area contributed by atoms with Crippen LogP contribution in [-0.4, -0.2) is 36.0 Å². The molecule has 114 valence electrons. The summed E-state index contributed by atoms with van der Waals surface area (Å²) in [5.74, 6) is -0.137. The van der Waals surface area contributed by atoms with Gasteiger partial charge in [0.25, 0.3) is 0 Å². The monoisotopic (exact) mass is 325 g/mol. The predicted octanol–water partition coefficient (Wildman–Crippen LogP) is 1.70. The van der Waals surface area contributed by atoms with Crippen molar-refractivity contribution in [1.82, 2.24) is 14.8 Å². The summed E-state index contributed by atoms with van der Waals surface area (Å²) >= 11 is 2.80. The normalized spacial score (nSPS) is 12.6. The van der Waals surface area contributed by atoms with Crippen molar-refractivity contribution in [2.24, 2.45) is 0 Å². The molecule has 0 aromatic carbocycles. The molecule has 0 saturated heterocycles. The maximum atomic E-state index is 12.0. The number of aryl methyl sites for hydroxylation is 1. The highest BCUT2D eigenvalue weighted by Crippen LogP contribution is 2.22. The topological polar surface area (TPSA) is 54.3 Å². The maximum absolute atomic E-state index is 12.0. The van der Waals surface area contributed by atoms with E-state index in [1.807, 2.05) is 32.5 Å². The second-order valence-electron chi connectivity index (χ2n) is 5.03. The smallest absolute Gasteiger partial charge is 0.307 e. The minimum Gasteiger partial charge on any atom is -0.353 e. The lowest BCUT2D eigenvalue weighted by atomic mass is 10.2. The molecule has 0 aliphatic heterocycles. The lowest BCUT2D eigenvalue weighted by Crippen LogP contribution is -2.37. The average molecular weight is 325 g/mol. The Labute approximate surface area is 131 Å². The molecule has 0 bridgehead atoms. The second-order valence-corrected chi connectivity index (χ2v) is 6.83. The van der Waals surface area contributed by atoms with Gasteiger partial charge in [0, 0.05) is 22.5 Å². The molecule has 2 aromatic rings. The zero-order chi connectivity index (χ0) is 15.4. The van der Waals surface area contributed by atoms with Gasteiger partial charge in [-0.05, 0) is 32.5 Å². The van der Waals surface area contributed by atoms with Crippen LogP contribution in [0.25, 0.3) is 0 Å². The molecule has 2 aromatic heterocycles. The number of amides is 1. The fourth-order valence-corrected chi connectivity index (χ4v) is 3.68. The lowest BCUT2D eigenvalue weighted by molar-refractivity contribution is -0.121. The molecule has 1 unspecified atom stereocenters. The molecule has 0 saturated carbocycles. The van der Waals surface area contributed by atoms with Gasteiger partial charge in [0.2, 0.25) is 5.91 Å². The van der Waals surface area contributed by atoms with Crippen LogP contribution in [0.3, 0.4) is 0 Å². The molecular formula is C14H19N3O2S2. The molecule has 5 nitrogen and oxygen atoms in total. The summed E-state index contributed by atoms with van der Waals surface area (Å²) in [6, 6.07) is 4.22. The van der Waals surface area contributed by atoms with Crippen LogP contribution in [0.2, 0.25) is 0 Å². The number of nitrogens with one attached hydrogen (secondary N) is 1. The van der Waals surface area contributed by atoms with E-state index in [1.54, 1.807) is 16.7 Å². The van der Waals surface area contributed by atoms with Crippen molar-refractivity contribution < 1.29 is 4.79 Å². The summed E-state index contributed by atoms with van der Waals surface area (Å²) in [5.41, 5.74) is 0.822. The fraction of sp³-hybridized carbons (Fsp3) is 0.429. The first kappa shape index (κ1) is 15.9. The number of likely N-dealkylation sites (N-methyl/N-ethyl adjacent to an activating group) is 1. The molecule has 0 radical (unpaired) electrons. The lowest BCUT2D eigenvalue weighted by Gasteiger charge is -2.23. The van der Waals surface area contributed by atoms with Crippen molar-refractivity contribution in [1.29, 1.82) is 0 Å². The van der Waals surface area contributed by atoms with Gasteiger partial charge < -0.3 is 10.2 Å². The summed E-state index contributed by atoms with van der Waals surface area (Å²) in [7, 11) is 3.98. The van der Waals surface area contributed by atoms with Crippen LogP contribution < -0.4 is 10.2 Å². The van der Waals surface area contributed by atoms with Gasteiger partial charge in [0.15, 0.2) is 0 Å².